The van der Waals surface area contributed by atoms with E-state index < -0.39 is 0 Å². The predicted octanol–water partition coefficient (Wildman–Crippen LogP) is 4.90. The van der Waals surface area contributed by atoms with Crippen molar-refractivity contribution < 1.29 is 4.74 Å². The predicted molar refractivity (Wildman–Crippen MR) is 109 cm³/mol. The van der Waals surface area contributed by atoms with Crippen LogP contribution in [0.2, 0.25) is 0 Å². The zero-order valence-corrected chi connectivity index (χ0v) is 15.6. The molecule has 0 aliphatic carbocycles. The number of rotatable bonds is 2. The van der Waals surface area contributed by atoms with Crippen LogP contribution >= 0.6 is 11.3 Å². The number of benzene rings is 2. The number of hydrogen-bond acceptors (Lipinski definition) is 5. The largest absolute Gasteiger partial charge is 0.480 e. The van der Waals surface area contributed by atoms with E-state index >= 15 is 0 Å². The summed E-state index contributed by atoms with van der Waals surface area (Å²) in [5.74, 6) is 1.63. The van der Waals surface area contributed by atoms with Gasteiger partial charge >= 0.3 is 0 Å². The molecule has 0 radical (unpaired) electrons. The van der Waals surface area contributed by atoms with Crippen molar-refractivity contribution >= 4 is 23.0 Å². The molecule has 0 saturated carbocycles. The van der Waals surface area contributed by atoms with Crippen molar-refractivity contribution in [2.45, 2.75) is 12.1 Å². The van der Waals surface area contributed by atoms with Crippen LogP contribution in [0.15, 0.2) is 84.0 Å². The molecule has 6 heteroatoms. The molecule has 4 aromatic rings. The molecule has 1 N–H and O–H groups in total. The van der Waals surface area contributed by atoms with Crippen LogP contribution in [0.3, 0.4) is 0 Å². The van der Waals surface area contributed by atoms with Gasteiger partial charge in [-0.05, 0) is 29.1 Å². The van der Waals surface area contributed by atoms with E-state index in [-0.39, 0.29) is 12.1 Å². The summed E-state index contributed by atoms with van der Waals surface area (Å²) < 4.78 is 8.51. The normalized spacial score (nSPS) is 19.9. The molecule has 0 spiro atoms. The van der Waals surface area contributed by atoms with Crippen molar-refractivity contribution in [3.05, 3.63) is 100 Å². The minimum Gasteiger partial charge on any atom is -0.480 e. The molecule has 6 rings (SSSR count). The van der Waals surface area contributed by atoms with Crippen LogP contribution in [0.25, 0.3) is 5.70 Å². The molecule has 2 aromatic heterocycles. The first-order chi connectivity index (χ1) is 13.9. The molecule has 0 unspecified atom stereocenters. The molecule has 28 heavy (non-hydrogen) atoms. The molecular formula is C22H16N4OS. The Labute approximate surface area is 165 Å². The SMILES string of the molecule is c1ccc([C@H]2Oc3ccccc3C3=C2[C@@H](c2cccs2)n2ncnc2N3)cc1. The Bertz CT molecular complexity index is 1180. The van der Waals surface area contributed by atoms with E-state index in [9.17, 15) is 0 Å². The third-order valence-electron chi connectivity index (χ3n) is 5.24. The molecule has 0 saturated heterocycles. The first kappa shape index (κ1) is 15.7. The van der Waals surface area contributed by atoms with Gasteiger partial charge in [-0.25, -0.2) is 4.68 Å². The van der Waals surface area contributed by atoms with Gasteiger partial charge in [0.2, 0.25) is 5.95 Å². The van der Waals surface area contributed by atoms with E-state index in [0.717, 1.165) is 34.1 Å². The number of aromatic nitrogens is 3. The Kier molecular flexibility index (Phi) is 3.39. The van der Waals surface area contributed by atoms with E-state index in [2.05, 4.69) is 63.2 Å². The minimum atomic E-state index is -0.206. The Morgan fingerprint density at radius 2 is 1.82 bits per heavy atom. The zero-order valence-electron chi connectivity index (χ0n) is 14.8. The summed E-state index contributed by atoms with van der Waals surface area (Å²) in [5, 5.41) is 10.2. The fourth-order valence-corrected chi connectivity index (χ4v) is 4.87. The second kappa shape index (κ2) is 6.07. The van der Waals surface area contributed by atoms with Gasteiger partial charge in [0.05, 0.1) is 5.70 Å². The first-order valence-corrected chi connectivity index (χ1v) is 10.0. The average Bonchev–Trinajstić information content (AvgIpc) is 3.44. The van der Waals surface area contributed by atoms with Gasteiger partial charge in [-0.3, -0.25) is 0 Å². The third kappa shape index (κ3) is 2.25. The van der Waals surface area contributed by atoms with Gasteiger partial charge in [0, 0.05) is 16.0 Å². The number of anilines is 1. The summed E-state index contributed by atoms with van der Waals surface area (Å²) in [5.41, 5.74) is 4.40. The lowest BCUT2D eigenvalue weighted by Gasteiger charge is -2.38. The Morgan fingerprint density at radius 3 is 2.68 bits per heavy atom. The van der Waals surface area contributed by atoms with E-state index in [4.69, 9.17) is 4.74 Å². The molecule has 136 valence electrons. The summed E-state index contributed by atoms with van der Waals surface area (Å²) in [6.07, 6.45) is 1.40. The highest BCUT2D eigenvalue weighted by Gasteiger charge is 2.41. The molecule has 4 heterocycles. The summed E-state index contributed by atoms with van der Waals surface area (Å²) in [7, 11) is 0. The molecule has 2 atom stereocenters. The molecule has 0 bridgehead atoms. The monoisotopic (exact) mass is 384 g/mol. The quantitative estimate of drug-likeness (QED) is 0.534. The molecule has 0 fully saturated rings. The minimum absolute atomic E-state index is 0.0627. The summed E-state index contributed by atoms with van der Waals surface area (Å²) in [6, 6.07) is 22.7. The van der Waals surface area contributed by atoms with Crippen LogP contribution in [0.1, 0.15) is 28.1 Å². The van der Waals surface area contributed by atoms with E-state index in [1.165, 1.54) is 4.88 Å². The van der Waals surface area contributed by atoms with E-state index in [1.54, 1.807) is 17.7 Å². The van der Waals surface area contributed by atoms with Gasteiger partial charge in [-0.2, -0.15) is 10.1 Å². The van der Waals surface area contributed by atoms with Crippen LogP contribution in [0.5, 0.6) is 5.75 Å². The second-order valence-corrected chi connectivity index (χ2v) is 7.79. The number of para-hydroxylation sites is 1. The van der Waals surface area contributed by atoms with Gasteiger partial charge in [0.1, 0.15) is 24.2 Å². The van der Waals surface area contributed by atoms with Crippen molar-refractivity contribution in [1.29, 1.82) is 0 Å². The lowest BCUT2D eigenvalue weighted by molar-refractivity contribution is 0.223. The van der Waals surface area contributed by atoms with E-state index in [1.807, 2.05) is 28.9 Å². The average molecular weight is 384 g/mol. The lowest BCUT2D eigenvalue weighted by atomic mass is 9.87. The number of fused-ring (bicyclic) bond motifs is 3. The zero-order chi connectivity index (χ0) is 18.5. The smallest absolute Gasteiger partial charge is 0.226 e. The van der Waals surface area contributed by atoms with Crippen LogP contribution in [0.4, 0.5) is 5.95 Å². The maximum absolute atomic E-state index is 6.55. The standard InChI is InChI=1S/C22H16N4OS/c1-2-7-14(8-3-1)21-18-19(15-9-4-5-10-16(15)27-21)25-22-23-13-24-26(22)20(18)17-11-6-12-28-17/h1-13,20-21H,(H,23,24,25)/t20-,21-/m1/s1. The van der Waals surface area contributed by atoms with Crippen molar-refractivity contribution in [3.8, 4) is 5.75 Å². The highest BCUT2D eigenvalue weighted by Crippen LogP contribution is 2.50. The molecule has 2 aliphatic heterocycles. The second-order valence-electron chi connectivity index (χ2n) is 6.81. The van der Waals surface area contributed by atoms with Crippen molar-refractivity contribution in [3.63, 3.8) is 0 Å². The molecular weight excluding hydrogens is 368 g/mol. The van der Waals surface area contributed by atoms with Crippen molar-refractivity contribution in [2.24, 2.45) is 0 Å². The topological polar surface area (TPSA) is 52.0 Å². The highest BCUT2D eigenvalue weighted by molar-refractivity contribution is 7.10. The maximum atomic E-state index is 6.55. The van der Waals surface area contributed by atoms with Crippen LogP contribution in [0, 0.1) is 0 Å². The lowest BCUT2D eigenvalue weighted by Crippen LogP contribution is -2.32. The van der Waals surface area contributed by atoms with Gasteiger partial charge < -0.3 is 10.1 Å². The molecule has 2 aromatic carbocycles. The highest BCUT2D eigenvalue weighted by atomic mass is 32.1. The van der Waals surface area contributed by atoms with Crippen LogP contribution < -0.4 is 10.1 Å². The Morgan fingerprint density at radius 1 is 0.964 bits per heavy atom. The maximum Gasteiger partial charge on any atom is 0.226 e. The number of nitrogens with one attached hydrogen (secondary N) is 1. The van der Waals surface area contributed by atoms with E-state index in [0.29, 0.717) is 0 Å². The van der Waals surface area contributed by atoms with Gasteiger partial charge in [0.15, 0.2) is 0 Å². The first-order valence-electron chi connectivity index (χ1n) is 9.15. The molecule has 2 aliphatic rings. The number of nitrogens with zero attached hydrogens (tertiary/aromatic N) is 3. The number of hydrogen-bond donors (Lipinski definition) is 1. The fraction of sp³-hybridized carbons (Fsp3) is 0.0909. The van der Waals surface area contributed by atoms with Crippen LogP contribution in [-0.2, 0) is 0 Å². The fourth-order valence-electron chi connectivity index (χ4n) is 4.04. The summed E-state index contributed by atoms with van der Waals surface area (Å²) in [6.45, 7) is 0. The van der Waals surface area contributed by atoms with Crippen molar-refractivity contribution in [1.82, 2.24) is 14.8 Å². The number of ether oxygens (including phenoxy) is 1. The van der Waals surface area contributed by atoms with Gasteiger partial charge in [-0.15, -0.1) is 11.3 Å². The molecule has 0 amide bonds. The van der Waals surface area contributed by atoms with Gasteiger partial charge in [0.25, 0.3) is 0 Å². The summed E-state index contributed by atoms with van der Waals surface area (Å²) >= 11 is 1.72. The number of thiophene rings is 1. The summed E-state index contributed by atoms with van der Waals surface area (Å²) in [4.78, 5) is 5.66. The van der Waals surface area contributed by atoms with Crippen LogP contribution in [-0.4, -0.2) is 14.8 Å². The Balaban J connectivity index is 1.65. The molecule has 5 nitrogen and oxygen atoms in total. The van der Waals surface area contributed by atoms with Gasteiger partial charge in [-0.1, -0.05) is 48.5 Å². The third-order valence-corrected chi connectivity index (χ3v) is 6.16. The van der Waals surface area contributed by atoms with Crippen molar-refractivity contribution in [2.75, 3.05) is 5.32 Å². The Hall–Kier alpha value is -3.38.